The number of hydrogen-bond acceptors (Lipinski definition) is 3. The van der Waals surface area contributed by atoms with Crippen LogP contribution in [0.2, 0.25) is 0 Å². The van der Waals surface area contributed by atoms with Crippen LogP contribution in [0.3, 0.4) is 0 Å². The predicted octanol–water partition coefficient (Wildman–Crippen LogP) is 3.02. The molecule has 1 amide bonds. The number of nitriles is 1. The van der Waals surface area contributed by atoms with Gasteiger partial charge in [0, 0.05) is 5.92 Å². The van der Waals surface area contributed by atoms with Gasteiger partial charge in [0.15, 0.2) is 0 Å². The number of carbonyl (C=O) groups is 1. The van der Waals surface area contributed by atoms with Gasteiger partial charge >= 0.3 is 0 Å². The standard InChI is InChI=1S/C14H22N2O2/c1-10(2)9-18-16(14(17)11(3)4)13-7-5-6-12(13)8-15/h10-11H,5-7,9H2,1-4H3. The van der Waals surface area contributed by atoms with Crippen LogP contribution >= 0.6 is 0 Å². The smallest absolute Gasteiger partial charge is 0.253 e. The van der Waals surface area contributed by atoms with Crippen LogP contribution in [-0.2, 0) is 9.63 Å². The molecule has 0 spiro atoms. The minimum atomic E-state index is -0.134. The summed E-state index contributed by atoms with van der Waals surface area (Å²) in [5.41, 5.74) is 1.45. The van der Waals surface area contributed by atoms with E-state index in [1.165, 1.54) is 5.06 Å². The third-order valence-corrected chi connectivity index (χ3v) is 2.80. The molecule has 0 aromatic heterocycles. The van der Waals surface area contributed by atoms with Gasteiger partial charge in [-0.25, -0.2) is 0 Å². The largest absolute Gasteiger partial charge is 0.272 e. The zero-order chi connectivity index (χ0) is 13.7. The van der Waals surface area contributed by atoms with Crippen molar-refractivity contribution in [3.8, 4) is 6.07 Å². The molecule has 0 bridgehead atoms. The van der Waals surface area contributed by atoms with Crippen molar-refractivity contribution in [2.75, 3.05) is 6.61 Å². The van der Waals surface area contributed by atoms with Gasteiger partial charge in [-0.1, -0.05) is 27.7 Å². The van der Waals surface area contributed by atoms with E-state index in [9.17, 15) is 4.79 Å². The molecular weight excluding hydrogens is 228 g/mol. The molecule has 1 aliphatic carbocycles. The molecule has 0 aromatic carbocycles. The second kappa shape index (κ2) is 6.55. The number of nitrogens with zero attached hydrogens (tertiary/aromatic N) is 2. The summed E-state index contributed by atoms with van der Waals surface area (Å²) >= 11 is 0. The molecule has 0 aliphatic heterocycles. The summed E-state index contributed by atoms with van der Waals surface area (Å²) in [5.74, 6) is 0.144. The lowest BCUT2D eigenvalue weighted by Crippen LogP contribution is -2.35. The van der Waals surface area contributed by atoms with Crippen LogP contribution in [0, 0.1) is 23.2 Å². The third-order valence-electron chi connectivity index (χ3n) is 2.80. The summed E-state index contributed by atoms with van der Waals surface area (Å²) in [4.78, 5) is 17.8. The summed E-state index contributed by atoms with van der Waals surface area (Å²) in [7, 11) is 0. The fraction of sp³-hybridized carbons (Fsp3) is 0.714. The summed E-state index contributed by atoms with van der Waals surface area (Å²) < 4.78 is 0. The quantitative estimate of drug-likeness (QED) is 0.705. The van der Waals surface area contributed by atoms with E-state index in [1.807, 2.05) is 27.7 Å². The number of hydroxylamine groups is 2. The normalized spacial score (nSPS) is 15.4. The Morgan fingerprint density at radius 2 is 2.06 bits per heavy atom. The molecule has 18 heavy (non-hydrogen) atoms. The fourth-order valence-electron chi connectivity index (χ4n) is 1.81. The van der Waals surface area contributed by atoms with Crippen LogP contribution in [-0.4, -0.2) is 17.6 Å². The molecule has 0 heterocycles. The lowest BCUT2D eigenvalue weighted by atomic mass is 10.2. The zero-order valence-corrected chi connectivity index (χ0v) is 11.7. The Hall–Kier alpha value is -1.34. The minimum Gasteiger partial charge on any atom is -0.272 e. The van der Waals surface area contributed by atoms with Crippen LogP contribution in [0.1, 0.15) is 47.0 Å². The highest BCUT2D eigenvalue weighted by Crippen LogP contribution is 2.29. The first kappa shape index (κ1) is 14.7. The molecule has 0 fully saturated rings. The van der Waals surface area contributed by atoms with Crippen LogP contribution < -0.4 is 0 Å². The lowest BCUT2D eigenvalue weighted by Gasteiger charge is -2.26. The molecule has 0 aromatic rings. The second-order valence-corrected chi connectivity index (χ2v) is 5.37. The first-order chi connectivity index (χ1) is 8.47. The number of hydrogen-bond donors (Lipinski definition) is 0. The van der Waals surface area contributed by atoms with Gasteiger partial charge in [0.1, 0.15) is 0 Å². The Labute approximate surface area is 109 Å². The number of allylic oxidation sites excluding steroid dienone is 2. The van der Waals surface area contributed by atoms with Crippen molar-refractivity contribution >= 4 is 5.91 Å². The van der Waals surface area contributed by atoms with Crippen molar-refractivity contribution in [1.82, 2.24) is 5.06 Å². The van der Waals surface area contributed by atoms with Crippen LogP contribution in [0.4, 0.5) is 0 Å². The first-order valence-corrected chi connectivity index (χ1v) is 6.56. The predicted molar refractivity (Wildman–Crippen MR) is 69.0 cm³/mol. The summed E-state index contributed by atoms with van der Waals surface area (Å²) in [5, 5.41) is 10.5. The Bertz CT molecular complexity index is 378. The maximum Gasteiger partial charge on any atom is 0.253 e. The highest BCUT2D eigenvalue weighted by Gasteiger charge is 2.27. The molecule has 1 rings (SSSR count). The van der Waals surface area contributed by atoms with Crippen molar-refractivity contribution in [3.05, 3.63) is 11.3 Å². The molecule has 0 unspecified atom stereocenters. The van der Waals surface area contributed by atoms with Crippen LogP contribution in [0.25, 0.3) is 0 Å². The highest BCUT2D eigenvalue weighted by molar-refractivity contribution is 5.79. The molecule has 4 nitrogen and oxygen atoms in total. The molecule has 0 saturated carbocycles. The van der Waals surface area contributed by atoms with E-state index in [0.29, 0.717) is 18.1 Å². The van der Waals surface area contributed by atoms with Crippen LogP contribution in [0.5, 0.6) is 0 Å². The van der Waals surface area contributed by atoms with Gasteiger partial charge in [0.05, 0.1) is 23.9 Å². The monoisotopic (exact) mass is 250 g/mol. The van der Waals surface area contributed by atoms with Crippen molar-refractivity contribution in [3.63, 3.8) is 0 Å². The van der Waals surface area contributed by atoms with Gasteiger partial charge in [-0.3, -0.25) is 9.63 Å². The molecule has 0 atom stereocenters. The maximum atomic E-state index is 12.2. The van der Waals surface area contributed by atoms with Gasteiger partial charge in [0.25, 0.3) is 5.91 Å². The van der Waals surface area contributed by atoms with Crippen molar-refractivity contribution in [2.45, 2.75) is 47.0 Å². The van der Waals surface area contributed by atoms with E-state index in [0.717, 1.165) is 25.0 Å². The van der Waals surface area contributed by atoms with Crippen molar-refractivity contribution in [2.24, 2.45) is 11.8 Å². The Morgan fingerprint density at radius 1 is 1.39 bits per heavy atom. The number of carbonyl (C=O) groups excluding carboxylic acids is 1. The number of amides is 1. The van der Waals surface area contributed by atoms with Gasteiger partial charge in [0.2, 0.25) is 0 Å². The van der Waals surface area contributed by atoms with Gasteiger partial charge in [-0.05, 0) is 25.2 Å². The van der Waals surface area contributed by atoms with E-state index >= 15 is 0 Å². The molecule has 0 N–H and O–H groups in total. The summed E-state index contributed by atoms with van der Waals surface area (Å²) in [6.07, 6.45) is 2.42. The average molecular weight is 250 g/mol. The van der Waals surface area contributed by atoms with Gasteiger partial charge < -0.3 is 0 Å². The van der Waals surface area contributed by atoms with Crippen molar-refractivity contribution in [1.29, 1.82) is 5.26 Å². The minimum absolute atomic E-state index is 0.0692. The Kier molecular flexibility index (Phi) is 5.36. The highest BCUT2D eigenvalue weighted by atomic mass is 16.7. The first-order valence-electron chi connectivity index (χ1n) is 6.56. The Balaban J connectivity index is 2.90. The van der Waals surface area contributed by atoms with E-state index in [-0.39, 0.29) is 11.8 Å². The van der Waals surface area contributed by atoms with Gasteiger partial charge in [-0.2, -0.15) is 10.3 Å². The second-order valence-electron chi connectivity index (χ2n) is 5.37. The van der Waals surface area contributed by atoms with Crippen LogP contribution in [0.15, 0.2) is 11.3 Å². The summed E-state index contributed by atoms with van der Waals surface area (Å²) in [6.45, 7) is 8.24. The average Bonchev–Trinajstić information content (AvgIpc) is 2.76. The SMILES string of the molecule is CC(C)CON(C(=O)C(C)C)C1=C(C#N)CCC1. The summed E-state index contributed by atoms with van der Waals surface area (Å²) in [6, 6.07) is 2.18. The zero-order valence-electron chi connectivity index (χ0n) is 11.7. The van der Waals surface area contributed by atoms with E-state index in [1.54, 1.807) is 0 Å². The molecular formula is C14H22N2O2. The third kappa shape index (κ3) is 3.58. The molecule has 4 heteroatoms. The Morgan fingerprint density at radius 3 is 2.56 bits per heavy atom. The fourth-order valence-corrected chi connectivity index (χ4v) is 1.81. The molecule has 0 saturated heterocycles. The lowest BCUT2D eigenvalue weighted by molar-refractivity contribution is -0.182. The van der Waals surface area contributed by atoms with E-state index in [2.05, 4.69) is 6.07 Å². The van der Waals surface area contributed by atoms with E-state index in [4.69, 9.17) is 10.1 Å². The maximum absolute atomic E-state index is 12.2. The molecule has 0 radical (unpaired) electrons. The van der Waals surface area contributed by atoms with Gasteiger partial charge in [-0.15, -0.1) is 0 Å². The molecule has 100 valence electrons. The number of rotatable bonds is 5. The topological polar surface area (TPSA) is 53.3 Å². The van der Waals surface area contributed by atoms with Crippen molar-refractivity contribution < 1.29 is 9.63 Å². The van der Waals surface area contributed by atoms with E-state index < -0.39 is 0 Å². The molecule has 1 aliphatic rings.